The van der Waals surface area contributed by atoms with Gasteiger partial charge in [-0.2, -0.15) is 0 Å². The van der Waals surface area contributed by atoms with E-state index >= 15 is 0 Å². The third-order valence-electron chi connectivity index (χ3n) is 16.7. The summed E-state index contributed by atoms with van der Waals surface area (Å²) >= 11 is 0. The monoisotopic (exact) mass is 1260 g/mol. The van der Waals surface area contributed by atoms with E-state index in [1.807, 2.05) is 21.1 Å². The van der Waals surface area contributed by atoms with Crippen molar-refractivity contribution in [3.63, 3.8) is 0 Å². The zero-order valence-corrected chi connectivity index (χ0v) is 59.6. The fourth-order valence-corrected chi connectivity index (χ4v) is 11.7. The zero-order chi connectivity index (χ0) is 64.1. The summed E-state index contributed by atoms with van der Waals surface area (Å²) in [6.07, 6.45) is 93.3. The first kappa shape index (κ1) is 85.5. The molecule has 1 N–H and O–H groups in total. The minimum absolute atomic E-state index is 0.0304. The summed E-state index contributed by atoms with van der Waals surface area (Å²) in [5.74, 6) is -0.788. The van der Waals surface area contributed by atoms with E-state index in [2.05, 4.69) is 86.8 Å². The number of carbonyl (C=O) groups excluding carboxylic acids is 2. The normalized spacial score (nSPS) is 13.5. The van der Waals surface area contributed by atoms with Gasteiger partial charge in [-0.25, -0.2) is 4.57 Å². The van der Waals surface area contributed by atoms with Crippen LogP contribution in [0, 0.1) is 0 Å². The van der Waals surface area contributed by atoms with Crippen LogP contribution in [0.1, 0.15) is 361 Å². The Bertz CT molecular complexity index is 1710. The number of quaternary nitrogens is 1. The average Bonchev–Trinajstić information content (AvgIpc) is 3.68. The lowest BCUT2D eigenvalue weighted by atomic mass is 10.0. The number of ether oxygens (including phenoxy) is 2. The Morgan fingerprint density at radius 3 is 0.966 bits per heavy atom. The molecule has 2 unspecified atom stereocenters. The van der Waals surface area contributed by atoms with Crippen LogP contribution in [0.2, 0.25) is 0 Å². The molecule has 0 aliphatic carbocycles. The van der Waals surface area contributed by atoms with Gasteiger partial charge >= 0.3 is 19.8 Å². The Morgan fingerprint density at radius 2 is 0.648 bits per heavy atom. The van der Waals surface area contributed by atoms with Crippen molar-refractivity contribution in [2.75, 3.05) is 47.5 Å². The summed E-state index contributed by atoms with van der Waals surface area (Å²) in [6.45, 7) is 4.35. The third-order valence-corrected chi connectivity index (χ3v) is 17.7. The second kappa shape index (κ2) is 68.8. The van der Waals surface area contributed by atoms with Crippen molar-refractivity contribution in [2.45, 2.75) is 367 Å². The second-order valence-electron chi connectivity index (χ2n) is 26.7. The first-order valence-electron chi connectivity index (χ1n) is 37.7. The Labute approximate surface area is 546 Å². The van der Waals surface area contributed by atoms with Gasteiger partial charge in [-0.15, -0.1) is 0 Å². The molecule has 10 heteroatoms. The van der Waals surface area contributed by atoms with Crippen LogP contribution in [0.3, 0.4) is 0 Å². The highest BCUT2D eigenvalue weighted by molar-refractivity contribution is 7.47. The van der Waals surface area contributed by atoms with Crippen molar-refractivity contribution in [3.05, 3.63) is 72.9 Å². The highest BCUT2D eigenvalue weighted by atomic mass is 31.2. The predicted molar refractivity (Wildman–Crippen MR) is 381 cm³/mol. The molecule has 0 aliphatic heterocycles. The molecule has 88 heavy (non-hydrogen) atoms. The molecule has 0 radical (unpaired) electrons. The molecule has 9 nitrogen and oxygen atoms in total. The summed E-state index contributed by atoms with van der Waals surface area (Å²) in [7, 11) is 1.48. The highest BCUT2D eigenvalue weighted by Gasteiger charge is 2.27. The van der Waals surface area contributed by atoms with Gasteiger partial charge in [0.2, 0.25) is 0 Å². The summed E-state index contributed by atoms with van der Waals surface area (Å²) in [5, 5.41) is 0. The van der Waals surface area contributed by atoms with E-state index in [9.17, 15) is 19.0 Å². The topological polar surface area (TPSA) is 108 Å². The van der Waals surface area contributed by atoms with Crippen LogP contribution in [-0.2, 0) is 32.7 Å². The lowest BCUT2D eigenvalue weighted by Crippen LogP contribution is -2.37. The number of hydrogen-bond donors (Lipinski definition) is 1. The van der Waals surface area contributed by atoms with Gasteiger partial charge in [0.1, 0.15) is 19.8 Å². The summed E-state index contributed by atoms with van der Waals surface area (Å²) < 4.78 is 34.7. The van der Waals surface area contributed by atoms with Crippen molar-refractivity contribution in [1.29, 1.82) is 0 Å². The fourth-order valence-electron chi connectivity index (χ4n) is 11.0. The molecule has 0 saturated heterocycles. The van der Waals surface area contributed by atoms with E-state index in [1.54, 1.807) is 0 Å². The molecular weight excluding hydrogens is 1110 g/mol. The number of allylic oxidation sites excluding steroid dienone is 12. The van der Waals surface area contributed by atoms with Crippen molar-refractivity contribution >= 4 is 19.8 Å². The van der Waals surface area contributed by atoms with E-state index < -0.39 is 26.5 Å². The lowest BCUT2D eigenvalue weighted by molar-refractivity contribution is -0.870. The molecule has 0 aliphatic rings. The van der Waals surface area contributed by atoms with Crippen LogP contribution in [0.25, 0.3) is 0 Å². The fraction of sp³-hybridized carbons (Fsp3) is 0.821. The second-order valence-corrected chi connectivity index (χ2v) is 28.1. The number of esters is 2. The summed E-state index contributed by atoms with van der Waals surface area (Å²) in [5.41, 5.74) is 0. The number of carbonyl (C=O) groups is 2. The van der Waals surface area contributed by atoms with E-state index in [-0.39, 0.29) is 25.6 Å². The van der Waals surface area contributed by atoms with Crippen molar-refractivity contribution in [1.82, 2.24) is 0 Å². The number of hydrogen-bond acceptors (Lipinski definition) is 7. The Kier molecular flexibility index (Phi) is 66.8. The third kappa shape index (κ3) is 72.5. The maximum atomic E-state index is 12.9. The minimum Gasteiger partial charge on any atom is -0.462 e. The molecule has 0 aromatic rings. The van der Waals surface area contributed by atoms with Gasteiger partial charge in [0, 0.05) is 12.8 Å². The number of nitrogens with zero attached hydrogens (tertiary/aromatic N) is 1. The molecular formula is C78H145NO8P+. The van der Waals surface area contributed by atoms with Crippen LogP contribution in [0.5, 0.6) is 0 Å². The van der Waals surface area contributed by atoms with Gasteiger partial charge in [0.25, 0.3) is 0 Å². The maximum absolute atomic E-state index is 12.9. The smallest absolute Gasteiger partial charge is 0.462 e. The molecule has 0 saturated carbocycles. The molecule has 0 rings (SSSR count). The number of rotatable bonds is 70. The SMILES string of the molecule is CC/C=C\C/C=C\C/C=C\C/C=C\CCCCCCCCCCCCC(=O)OC(COC(=O)CCCCCCCCCCCCCCCCCCCCCCCCCCCCCCC/C=C\C/C=C\CCCCCCC)COP(=O)(O)OCC[N+](C)(C)C. The van der Waals surface area contributed by atoms with Crippen molar-refractivity contribution < 1.29 is 42.1 Å². The van der Waals surface area contributed by atoms with Gasteiger partial charge < -0.3 is 18.9 Å². The number of phosphoric ester groups is 1. The van der Waals surface area contributed by atoms with Gasteiger partial charge in [0.15, 0.2) is 6.10 Å². The van der Waals surface area contributed by atoms with Crippen LogP contribution < -0.4 is 0 Å². The minimum atomic E-state index is -4.39. The van der Waals surface area contributed by atoms with Crippen LogP contribution >= 0.6 is 7.82 Å². The summed E-state index contributed by atoms with van der Waals surface area (Å²) in [6, 6.07) is 0. The number of unbranched alkanes of at least 4 members (excludes halogenated alkanes) is 44. The standard InChI is InChI=1S/C78H144NO8P/c1-6-8-10-12-14-16-18-20-22-24-26-28-30-31-32-33-34-35-36-37-38-39-40-41-42-43-44-45-46-47-49-50-52-54-56-58-60-62-64-66-68-70-77(80)84-74-76(75-86-88(82,83)85-73-72-79(3,4)5)87-78(81)71-69-67-65-63-61-59-57-55-53-51-48-29-27-25-23-21-19-17-15-13-11-9-7-2/h9,11,15,17-18,20-21,23-24,26-27,29,76H,6-8,10,12-14,16,19,22,25,28,30-75H2,1-5H3/p+1/b11-9-,17-15-,20-18-,23-21-,26-24-,29-27-. The van der Waals surface area contributed by atoms with E-state index in [0.29, 0.717) is 23.9 Å². The number of likely N-dealkylation sites (N-methyl/N-ethyl adjacent to an activating group) is 1. The van der Waals surface area contributed by atoms with E-state index in [4.69, 9.17) is 18.5 Å². The van der Waals surface area contributed by atoms with Gasteiger partial charge in [-0.05, 0) is 83.5 Å². The molecule has 0 amide bonds. The van der Waals surface area contributed by atoms with E-state index in [1.165, 1.54) is 250 Å². The maximum Gasteiger partial charge on any atom is 0.472 e. The van der Waals surface area contributed by atoms with Crippen molar-refractivity contribution in [3.8, 4) is 0 Å². The summed E-state index contributed by atoms with van der Waals surface area (Å²) in [4.78, 5) is 35.9. The molecule has 514 valence electrons. The van der Waals surface area contributed by atoms with Crippen LogP contribution in [-0.4, -0.2) is 74.9 Å². The Hall–Kier alpha value is -2.55. The van der Waals surface area contributed by atoms with E-state index in [0.717, 1.165) is 77.0 Å². The van der Waals surface area contributed by atoms with Crippen LogP contribution in [0.4, 0.5) is 0 Å². The molecule has 0 fully saturated rings. The molecule has 0 aromatic carbocycles. The molecule has 0 spiro atoms. The molecule has 0 bridgehead atoms. The number of phosphoric acid groups is 1. The predicted octanol–water partition coefficient (Wildman–Crippen LogP) is 24.7. The molecule has 0 heterocycles. The lowest BCUT2D eigenvalue weighted by Gasteiger charge is -2.24. The average molecular weight is 1260 g/mol. The van der Waals surface area contributed by atoms with Gasteiger partial charge in [-0.1, -0.05) is 337 Å². The first-order chi connectivity index (χ1) is 43.0. The van der Waals surface area contributed by atoms with Crippen molar-refractivity contribution in [2.24, 2.45) is 0 Å². The molecule has 2 atom stereocenters. The molecule has 0 aromatic heterocycles. The quantitative estimate of drug-likeness (QED) is 0.0211. The van der Waals surface area contributed by atoms with Gasteiger partial charge in [-0.3, -0.25) is 18.6 Å². The Morgan fingerprint density at radius 1 is 0.364 bits per heavy atom. The highest BCUT2D eigenvalue weighted by Crippen LogP contribution is 2.43. The van der Waals surface area contributed by atoms with Crippen LogP contribution in [0.15, 0.2) is 72.9 Å². The first-order valence-corrected chi connectivity index (χ1v) is 39.2. The largest absolute Gasteiger partial charge is 0.472 e. The zero-order valence-electron chi connectivity index (χ0n) is 58.7. The van der Waals surface area contributed by atoms with Gasteiger partial charge in [0.05, 0.1) is 27.7 Å². The Balaban J connectivity index is 3.89.